The van der Waals surface area contributed by atoms with Crippen LogP contribution < -0.4 is 4.57 Å². The van der Waals surface area contributed by atoms with Gasteiger partial charge in [-0.3, -0.25) is 0 Å². The summed E-state index contributed by atoms with van der Waals surface area (Å²) >= 11 is 0. The SMILES string of the molecule is Cc1ccc(C(C)(C)C)cc1-c1cc(C(C)C)cc[n+]1C. The monoisotopic (exact) mass is 282 g/mol. The molecule has 0 aliphatic heterocycles. The summed E-state index contributed by atoms with van der Waals surface area (Å²) in [6.07, 6.45) is 2.17. The minimum absolute atomic E-state index is 0.177. The van der Waals surface area contributed by atoms with E-state index in [1.807, 2.05) is 0 Å². The van der Waals surface area contributed by atoms with Crippen LogP contribution in [0, 0.1) is 6.92 Å². The second-order valence-corrected chi connectivity index (χ2v) is 7.39. The van der Waals surface area contributed by atoms with Crippen LogP contribution >= 0.6 is 0 Å². The van der Waals surface area contributed by atoms with E-state index >= 15 is 0 Å². The summed E-state index contributed by atoms with van der Waals surface area (Å²) in [5, 5.41) is 0. The minimum atomic E-state index is 0.177. The lowest BCUT2D eigenvalue weighted by Crippen LogP contribution is -2.31. The predicted octanol–water partition coefficient (Wildman–Crippen LogP) is 4.91. The Morgan fingerprint density at radius 2 is 1.67 bits per heavy atom. The van der Waals surface area contributed by atoms with Gasteiger partial charge in [-0.15, -0.1) is 0 Å². The fourth-order valence-corrected chi connectivity index (χ4v) is 2.58. The fraction of sp³-hybridized carbons (Fsp3) is 0.450. The average molecular weight is 282 g/mol. The van der Waals surface area contributed by atoms with Gasteiger partial charge in [-0.1, -0.05) is 46.8 Å². The van der Waals surface area contributed by atoms with E-state index in [-0.39, 0.29) is 5.41 Å². The highest BCUT2D eigenvalue weighted by Crippen LogP contribution is 2.29. The molecule has 0 aliphatic rings. The zero-order chi connectivity index (χ0) is 15.8. The van der Waals surface area contributed by atoms with Crippen molar-refractivity contribution in [3.63, 3.8) is 0 Å². The van der Waals surface area contributed by atoms with Crippen molar-refractivity contribution in [3.8, 4) is 11.3 Å². The lowest BCUT2D eigenvalue weighted by atomic mass is 9.84. The summed E-state index contributed by atoms with van der Waals surface area (Å²) in [6.45, 7) is 13.5. The summed E-state index contributed by atoms with van der Waals surface area (Å²) in [5.41, 5.74) is 6.93. The molecule has 112 valence electrons. The van der Waals surface area contributed by atoms with Crippen molar-refractivity contribution >= 4 is 0 Å². The second-order valence-electron chi connectivity index (χ2n) is 7.39. The molecule has 0 saturated heterocycles. The molecule has 0 spiro atoms. The Bertz CT molecular complexity index is 645. The second kappa shape index (κ2) is 5.63. The van der Waals surface area contributed by atoms with E-state index in [1.165, 1.54) is 27.9 Å². The predicted molar refractivity (Wildman–Crippen MR) is 90.6 cm³/mol. The van der Waals surface area contributed by atoms with Crippen LogP contribution in [-0.2, 0) is 12.5 Å². The number of hydrogen-bond acceptors (Lipinski definition) is 0. The molecular weight excluding hydrogens is 254 g/mol. The Kier molecular flexibility index (Phi) is 4.22. The lowest BCUT2D eigenvalue weighted by molar-refractivity contribution is -0.660. The standard InChI is InChI=1S/C20H28N/c1-14(2)16-10-11-21(7)19(12-16)18-13-17(20(4,5)6)9-8-15(18)3/h8-14H,1-7H3/q+1. The van der Waals surface area contributed by atoms with Gasteiger partial charge in [0.1, 0.15) is 7.05 Å². The third-order valence-electron chi connectivity index (χ3n) is 4.22. The van der Waals surface area contributed by atoms with Crippen molar-refractivity contribution in [2.24, 2.45) is 7.05 Å². The van der Waals surface area contributed by atoms with Crippen molar-refractivity contribution in [3.05, 3.63) is 53.2 Å². The number of hydrogen-bond donors (Lipinski definition) is 0. The van der Waals surface area contributed by atoms with Crippen LogP contribution in [0.1, 0.15) is 57.2 Å². The summed E-state index contributed by atoms with van der Waals surface area (Å²) in [4.78, 5) is 0. The Balaban J connectivity index is 2.63. The van der Waals surface area contributed by atoms with Crippen LogP contribution in [0.3, 0.4) is 0 Å². The number of rotatable bonds is 2. The maximum Gasteiger partial charge on any atom is 0.212 e. The van der Waals surface area contributed by atoms with E-state index in [0.717, 1.165) is 0 Å². The van der Waals surface area contributed by atoms with Gasteiger partial charge in [-0.2, -0.15) is 0 Å². The zero-order valence-electron chi connectivity index (χ0n) is 14.5. The highest BCUT2D eigenvalue weighted by Gasteiger charge is 2.19. The number of benzene rings is 1. The Morgan fingerprint density at radius 3 is 2.24 bits per heavy atom. The number of pyridine rings is 1. The van der Waals surface area contributed by atoms with Gasteiger partial charge in [0.05, 0.1) is 0 Å². The molecule has 1 aromatic carbocycles. The van der Waals surface area contributed by atoms with Gasteiger partial charge in [0, 0.05) is 17.7 Å². The average Bonchev–Trinajstić information content (AvgIpc) is 2.38. The topological polar surface area (TPSA) is 3.88 Å². The number of aryl methyl sites for hydroxylation is 2. The van der Waals surface area contributed by atoms with Gasteiger partial charge >= 0.3 is 0 Å². The summed E-state index contributed by atoms with van der Waals surface area (Å²) in [6, 6.07) is 11.4. The molecule has 0 aliphatic carbocycles. The molecule has 2 rings (SSSR count). The maximum absolute atomic E-state index is 2.36. The van der Waals surface area contributed by atoms with E-state index in [4.69, 9.17) is 0 Å². The molecule has 0 radical (unpaired) electrons. The minimum Gasteiger partial charge on any atom is -0.201 e. The first kappa shape index (κ1) is 15.8. The Morgan fingerprint density at radius 1 is 1.00 bits per heavy atom. The molecule has 0 saturated carbocycles. The van der Waals surface area contributed by atoms with E-state index < -0.39 is 0 Å². The largest absolute Gasteiger partial charge is 0.212 e. The fourth-order valence-electron chi connectivity index (χ4n) is 2.58. The molecule has 0 amide bonds. The third-order valence-corrected chi connectivity index (χ3v) is 4.22. The zero-order valence-corrected chi connectivity index (χ0v) is 14.5. The molecule has 0 N–H and O–H groups in total. The van der Waals surface area contributed by atoms with Crippen molar-refractivity contribution < 1.29 is 4.57 Å². The number of nitrogens with zero attached hydrogens (tertiary/aromatic N) is 1. The van der Waals surface area contributed by atoms with E-state index in [0.29, 0.717) is 5.92 Å². The first-order valence-corrected chi connectivity index (χ1v) is 7.81. The molecule has 1 nitrogen and oxygen atoms in total. The normalized spacial score (nSPS) is 12.0. The lowest BCUT2D eigenvalue weighted by Gasteiger charge is -2.20. The van der Waals surface area contributed by atoms with Crippen LogP contribution in [0.2, 0.25) is 0 Å². The molecule has 0 fully saturated rings. The molecule has 2 aromatic rings. The first-order chi connectivity index (χ1) is 9.70. The molecule has 0 bridgehead atoms. The van der Waals surface area contributed by atoms with Gasteiger partial charge in [0.2, 0.25) is 5.69 Å². The van der Waals surface area contributed by atoms with Crippen LogP contribution in [0.5, 0.6) is 0 Å². The molecular formula is C20H28N+. The van der Waals surface area contributed by atoms with Gasteiger partial charge in [0.15, 0.2) is 6.20 Å². The Labute approximate surface area is 129 Å². The van der Waals surface area contributed by atoms with Crippen molar-refractivity contribution in [1.82, 2.24) is 0 Å². The van der Waals surface area contributed by atoms with Gasteiger partial charge in [-0.25, -0.2) is 4.57 Å². The van der Waals surface area contributed by atoms with Crippen LogP contribution in [0.15, 0.2) is 36.5 Å². The van der Waals surface area contributed by atoms with Gasteiger partial charge in [0.25, 0.3) is 0 Å². The van der Waals surface area contributed by atoms with Gasteiger partial charge in [-0.05, 0) is 41.0 Å². The van der Waals surface area contributed by atoms with Crippen LogP contribution in [0.4, 0.5) is 0 Å². The van der Waals surface area contributed by atoms with Gasteiger partial charge < -0.3 is 0 Å². The highest BCUT2D eigenvalue weighted by molar-refractivity contribution is 5.63. The third kappa shape index (κ3) is 3.34. The summed E-state index contributed by atoms with van der Waals surface area (Å²) < 4.78 is 2.22. The van der Waals surface area contributed by atoms with E-state index in [1.54, 1.807) is 0 Å². The molecule has 0 atom stereocenters. The quantitative estimate of drug-likeness (QED) is 0.689. The van der Waals surface area contributed by atoms with E-state index in [9.17, 15) is 0 Å². The number of aromatic nitrogens is 1. The van der Waals surface area contributed by atoms with Crippen LogP contribution in [0.25, 0.3) is 11.3 Å². The molecule has 1 heteroatoms. The van der Waals surface area contributed by atoms with Crippen molar-refractivity contribution in [1.29, 1.82) is 0 Å². The Hall–Kier alpha value is -1.63. The van der Waals surface area contributed by atoms with E-state index in [2.05, 4.69) is 89.7 Å². The first-order valence-electron chi connectivity index (χ1n) is 7.81. The smallest absolute Gasteiger partial charge is 0.201 e. The summed E-state index contributed by atoms with van der Waals surface area (Å²) in [5.74, 6) is 0.552. The van der Waals surface area contributed by atoms with Crippen LogP contribution in [-0.4, -0.2) is 0 Å². The molecule has 1 aromatic heterocycles. The molecule has 0 unspecified atom stereocenters. The van der Waals surface area contributed by atoms with Crippen molar-refractivity contribution in [2.45, 2.75) is 52.9 Å². The highest BCUT2D eigenvalue weighted by atomic mass is 14.9. The summed E-state index contributed by atoms with van der Waals surface area (Å²) in [7, 11) is 2.13. The van der Waals surface area contributed by atoms with Crippen molar-refractivity contribution in [2.75, 3.05) is 0 Å². The molecule has 1 heterocycles. The molecule has 21 heavy (non-hydrogen) atoms. The maximum atomic E-state index is 2.36.